The summed E-state index contributed by atoms with van der Waals surface area (Å²) in [6.07, 6.45) is 0. The van der Waals surface area contributed by atoms with E-state index in [2.05, 4.69) is 5.32 Å². The van der Waals surface area contributed by atoms with Crippen molar-refractivity contribution in [3.05, 3.63) is 35.5 Å². The first-order valence-electron chi connectivity index (χ1n) is 5.59. The molecule has 3 nitrogen and oxygen atoms in total. The van der Waals surface area contributed by atoms with Crippen molar-refractivity contribution in [3.63, 3.8) is 0 Å². The minimum absolute atomic E-state index is 0.253. The number of alkyl halides is 1. The molecule has 4 heteroatoms. The Balaban J connectivity index is 2.64. The molecular weight excluding hydrogens is 234 g/mol. The van der Waals surface area contributed by atoms with Gasteiger partial charge in [0.15, 0.2) is 5.00 Å². The average Bonchev–Trinajstić information content (AvgIpc) is 2.25. The van der Waals surface area contributed by atoms with Crippen LogP contribution in [0.3, 0.4) is 0 Å². The number of hydrogen-bond acceptors (Lipinski definition) is 3. The molecule has 0 saturated carbocycles. The van der Waals surface area contributed by atoms with Crippen LogP contribution in [0.4, 0.5) is 5.69 Å². The summed E-state index contributed by atoms with van der Waals surface area (Å²) in [4.78, 5) is -0.856. The lowest BCUT2D eigenvalue weighted by Crippen LogP contribution is -2.51. The Kier molecular flexibility index (Phi) is 2.54. The molecule has 1 aliphatic rings. The summed E-state index contributed by atoms with van der Waals surface area (Å²) in [6.45, 7) is 6.09. The molecule has 0 fully saturated rings. The first-order chi connectivity index (χ1) is 7.77. The highest BCUT2D eigenvalue weighted by atomic mass is 35.5. The molecule has 1 aromatic rings. The van der Waals surface area contributed by atoms with Gasteiger partial charge in [0.2, 0.25) is 0 Å². The van der Waals surface area contributed by atoms with Crippen molar-refractivity contribution in [2.45, 2.75) is 25.8 Å². The van der Waals surface area contributed by atoms with Gasteiger partial charge in [0.25, 0.3) is 0 Å². The fourth-order valence-corrected chi connectivity index (χ4v) is 2.21. The zero-order chi connectivity index (χ0) is 12.8. The van der Waals surface area contributed by atoms with E-state index >= 15 is 0 Å². The van der Waals surface area contributed by atoms with Crippen LogP contribution in [0, 0.1) is 5.41 Å². The fraction of sp³-hybridized carbons (Fsp3) is 0.385. The number of benzene rings is 1. The number of fused-ring (bicyclic) bond motifs is 1. The third kappa shape index (κ3) is 1.65. The highest BCUT2D eigenvalue weighted by Crippen LogP contribution is 2.46. The van der Waals surface area contributed by atoms with Gasteiger partial charge >= 0.3 is 0 Å². The zero-order valence-corrected chi connectivity index (χ0v) is 11.1. The summed E-state index contributed by atoms with van der Waals surface area (Å²) in [7, 11) is 0. The maximum absolute atomic E-state index is 6.65. The van der Waals surface area contributed by atoms with Crippen molar-refractivity contribution in [2.75, 3.05) is 5.32 Å². The largest absolute Gasteiger partial charge is 0.397 e. The Morgan fingerprint density at radius 1 is 1.18 bits per heavy atom. The maximum Gasteiger partial charge on any atom is 0.159 e. The molecule has 92 valence electrons. The van der Waals surface area contributed by atoms with E-state index in [4.69, 9.17) is 23.1 Å². The van der Waals surface area contributed by atoms with E-state index in [0.717, 1.165) is 11.3 Å². The summed E-state index contributed by atoms with van der Waals surface area (Å²) in [5.74, 6) is 0. The smallest absolute Gasteiger partial charge is 0.159 e. The van der Waals surface area contributed by atoms with Crippen LogP contribution in [0.1, 0.15) is 26.3 Å². The van der Waals surface area contributed by atoms with E-state index in [9.17, 15) is 0 Å². The number of hydrogen-bond donors (Lipinski definition) is 3. The highest BCUT2D eigenvalue weighted by molar-refractivity contribution is 6.28. The summed E-state index contributed by atoms with van der Waals surface area (Å²) >= 11 is 6.65. The molecule has 0 amide bonds. The second-order valence-corrected chi connectivity index (χ2v) is 5.97. The van der Waals surface area contributed by atoms with Gasteiger partial charge in [0.05, 0.1) is 11.4 Å². The molecule has 0 saturated heterocycles. The lowest BCUT2D eigenvalue weighted by atomic mass is 9.80. The molecule has 1 heterocycles. The molecule has 0 aliphatic carbocycles. The Morgan fingerprint density at radius 2 is 1.76 bits per heavy atom. The van der Waals surface area contributed by atoms with Crippen LogP contribution in [0.2, 0.25) is 0 Å². The maximum atomic E-state index is 6.65. The monoisotopic (exact) mass is 251 g/mol. The van der Waals surface area contributed by atoms with Crippen molar-refractivity contribution in [1.29, 1.82) is 0 Å². The molecule has 0 radical (unpaired) electrons. The average molecular weight is 252 g/mol. The van der Waals surface area contributed by atoms with Crippen LogP contribution in [0.25, 0.3) is 5.70 Å². The van der Waals surface area contributed by atoms with Crippen molar-refractivity contribution in [2.24, 2.45) is 16.9 Å². The molecule has 1 atom stereocenters. The van der Waals surface area contributed by atoms with Crippen molar-refractivity contribution >= 4 is 23.0 Å². The molecule has 1 aromatic carbocycles. The van der Waals surface area contributed by atoms with Gasteiger partial charge < -0.3 is 16.8 Å². The predicted octanol–water partition coefficient (Wildman–Crippen LogP) is 2.68. The van der Waals surface area contributed by atoms with Crippen molar-refractivity contribution in [1.82, 2.24) is 0 Å². The molecule has 0 bridgehead atoms. The molecule has 1 unspecified atom stereocenters. The molecule has 17 heavy (non-hydrogen) atoms. The van der Waals surface area contributed by atoms with Gasteiger partial charge in [-0.25, -0.2) is 0 Å². The van der Waals surface area contributed by atoms with Crippen LogP contribution in [-0.2, 0) is 0 Å². The van der Waals surface area contributed by atoms with Crippen LogP contribution >= 0.6 is 11.6 Å². The molecule has 1 aliphatic heterocycles. The minimum atomic E-state index is -0.856. The van der Waals surface area contributed by atoms with Crippen molar-refractivity contribution < 1.29 is 0 Å². The number of nitrogens with two attached hydrogens (primary N) is 2. The van der Waals surface area contributed by atoms with Crippen molar-refractivity contribution in [3.8, 4) is 0 Å². The second-order valence-electron chi connectivity index (χ2n) is 5.41. The van der Waals surface area contributed by atoms with Gasteiger partial charge in [-0.15, -0.1) is 0 Å². The topological polar surface area (TPSA) is 64.1 Å². The van der Waals surface area contributed by atoms with Gasteiger partial charge in [0, 0.05) is 16.7 Å². The van der Waals surface area contributed by atoms with E-state index in [1.807, 2.05) is 45.0 Å². The van der Waals surface area contributed by atoms with E-state index in [1.54, 1.807) is 0 Å². The second kappa shape index (κ2) is 3.57. The molecule has 0 spiro atoms. The number of para-hydroxylation sites is 1. The molecule has 0 aromatic heterocycles. The Morgan fingerprint density at radius 3 is 2.35 bits per heavy atom. The number of halogens is 1. The van der Waals surface area contributed by atoms with Crippen LogP contribution in [-0.4, -0.2) is 5.00 Å². The van der Waals surface area contributed by atoms with E-state index < -0.39 is 5.00 Å². The number of anilines is 1. The van der Waals surface area contributed by atoms with Gasteiger partial charge in [-0.1, -0.05) is 50.6 Å². The first-order valence-corrected chi connectivity index (χ1v) is 5.97. The Labute approximate surface area is 107 Å². The Hall–Kier alpha value is -1.35. The van der Waals surface area contributed by atoms with Gasteiger partial charge in [-0.3, -0.25) is 0 Å². The van der Waals surface area contributed by atoms with Gasteiger partial charge in [0.1, 0.15) is 0 Å². The molecule has 2 rings (SSSR count). The Bertz CT molecular complexity index is 488. The minimum Gasteiger partial charge on any atom is -0.397 e. The lowest BCUT2D eigenvalue weighted by molar-refractivity contribution is 0.333. The van der Waals surface area contributed by atoms with Crippen LogP contribution in [0.15, 0.2) is 30.0 Å². The lowest BCUT2D eigenvalue weighted by Gasteiger charge is -2.44. The standard InChI is InChI=1S/C13H18ClN3/c1-12(2,3)13(14)11(16)10(15)8-6-4-5-7-9(8)17-13/h4-7,17H,15-16H2,1-3H3. The quantitative estimate of drug-likeness (QED) is 0.491. The fourth-order valence-electron chi connectivity index (χ4n) is 2.00. The summed E-state index contributed by atoms with van der Waals surface area (Å²) in [6, 6.07) is 7.76. The van der Waals surface area contributed by atoms with E-state index in [0.29, 0.717) is 11.4 Å². The summed E-state index contributed by atoms with van der Waals surface area (Å²) in [5.41, 5.74) is 14.8. The van der Waals surface area contributed by atoms with Gasteiger partial charge in [-0.05, 0) is 6.07 Å². The first kappa shape index (κ1) is 12.1. The van der Waals surface area contributed by atoms with E-state index in [1.165, 1.54) is 0 Å². The number of rotatable bonds is 0. The predicted molar refractivity (Wildman–Crippen MR) is 73.4 cm³/mol. The van der Waals surface area contributed by atoms with E-state index in [-0.39, 0.29) is 5.41 Å². The highest BCUT2D eigenvalue weighted by Gasteiger charge is 2.46. The number of nitrogens with one attached hydrogen (secondary N) is 1. The SMILES string of the molecule is CC(C)(C)C1(Cl)Nc2ccccc2C(N)=C1N. The third-order valence-electron chi connectivity index (χ3n) is 3.22. The third-order valence-corrected chi connectivity index (χ3v) is 4.08. The molecular formula is C13H18ClN3. The zero-order valence-electron chi connectivity index (χ0n) is 10.3. The van der Waals surface area contributed by atoms with Crippen LogP contribution in [0.5, 0.6) is 0 Å². The summed E-state index contributed by atoms with van der Waals surface area (Å²) in [5, 5.41) is 3.30. The van der Waals surface area contributed by atoms with Gasteiger partial charge in [-0.2, -0.15) is 0 Å². The molecule has 5 N–H and O–H groups in total. The summed E-state index contributed by atoms with van der Waals surface area (Å²) < 4.78 is 0. The normalized spacial score (nSPS) is 24.2. The van der Waals surface area contributed by atoms with Crippen LogP contribution < -0.4 is 16.8 Å².